The van der Waals surface area contributed by atoms with Crippen molar-refractivity contribution in [3.8, 4) is 11.4 Å². The van der Waals surface area contributed by atoms with Gasteiger partial charge >= 0.3 is 0 Å². The Bertz CT molecular complexity index is 525. The normalized spacial score (nSPS) is 10.6. The Hall–Kier alpha value is -1.88. The highest BCUT2D eigenvalue weighted by Crippen LogP contribution is 2.20. The molecule has 2 aromatic rings. The fraction of sp³-hybridized carbons (Fsp3) is 0.308. The Balaban J connectivity index is 2.24. The average molecular weight is 249 g/mol. The van der Waals surface area contributed by atoms with Crippen LogP contribution in [0, 0.1) is 5.82 Å². The average Bonchev–Trinajstić information content (AvgIpc) is 2.81. The van der Waals surface area contributed by atoms with Gasteiger partial charge in [-0.15, -0.1) is 0 Å². The van der Waals surface area contributed by atoms with Crippen LogP contribution in [0.3, 0.4) is 0 Å². The fourth-order valence-electron chi connectivity index (χ4n) is 1.69. The van der Waals surface area contributed by atoms with E-state index in [1.807, 2.05) is 26.2 Å². The largest absolute Gasteiger partial charge is 0.491 e. The molecule has 0 amide bonds. The van der Waals surface area contributed by atoms with Crippen LogP contribution in [0.5, 0.6) is 5.75 Å². The first kappa shape index (κ1) is 12.6. The van der Waals surface area contributed by atoms with E-state index < -0.39 is 0 Å². The van der Waals surface area contributed by atoms with Crippen molar-refractivity contribution >= 4 is 0 Å². The van der Waals surface area contributed by atoms with Crippen LogP contribution >= 0.6 is 0 Å². The molecule has 18 heavy (non-hydrogen) atoms. The van der Waals surface area contributed by atoms with Crippen molar-refractivity contribution in [1.82, 2.24) is 15.1 Å². The molecule has 96 valence electrons. The molecule has 0 spiro atoms. The molecule has 0 unspecified atom stereocenters. The van der Waals surface area contributed by atoms with Crippen molar-refractivity contribution in [2.45, 2.75) is 13.5 Å². The zero-order valence-electron chi connectivity index (χ0n) is 10.5. The lowest BCUT2D eigenvalue weighted by Crippen LogP contribution is -2.06. The summed E-state index contributed by atoms with van der Waals surface area (Å²) < 4.78 is 20.5. The number of nitrogens with zero attached hydrogens (tertiary/aromatic N) is 2. The third kappa shape index (κ3) is 2.68. The zero-order chi connectivity index (χ0) is 13.0. The number of aromatic nitrogens is 2. The van der Waals surface area contributed by atoms with Crippen LogP contribution in [0.15, 0.2) is 30.5 Å². The maximum absolute atomic E-state index is 13.7. The lowest BCUT2D eigenvalue weighted by molar-refractivity contribution is 0.321. The predicted octanol–water partition coefficient (Wildman–Crippen LogP) is 2.13. The molecule has 1 aromatic heterocycles. The van der Waals surface area contributed by atoms with Gasteiger partial charge in [0.15, 0.2) is 11.6 Å². The second kappa shape index (κ2) is 5.64. The van der Waals surface area contributed by atoms with Gasteiger partial charge in [0.25, 0.3) is 0 Å². The summed E-state index contributed by atoms with van der Waals surface area (Å²) in [6, 6.07) is 6.71. The number of ether oxygens (including phenoxy) is 1. The first-order chi connectivity index (χ1) is 8.74. The molecule has 1 N–H and O–H groups in total. The Morgan fingerprint density at radius 3 is 2.89 bits per heavy atom. The van der Waals surface area contributed by atoms with Gasteiger partial charge in [-0.2, -0.15) is 5.10 Å². The minimum absolute atomic E-state index is 0.267. The van der Waals surface area contributed by atoms with Crippen molar-refractivity contribution in [1.29, 1.82) is 0 Å². The molecule has 5 heteroatoms. The van der Waals surface area contributed by atoms with E-state index >= 15 is 0 Å². The Morgan fingerprint density at radius 2 is 2.22 bits per heavy atom. The third-order valence-corrected chi connectivity index (χ3v) is 2.48. The topological polar surface area (TPSA) is 39.1 Å². The summed E-state index contributed by atoms with van der Waals surface area (Å²) in [7, 11) is 1.86. The highest BCUT2D eigenvalue weighted by Gasteiger charge is 2.06. The number of rotatable bonds is 5. The summed E-state index contributed by atoms with van der Waals surface area (Å²) in [4.78, 5) is 0. The van der Waals surface area contributed by atoms with Gasteiger partial charge in [-0.05, 0) is 32.2 Å². The number of hydrogen-bond acceptors (Lipinski definition) is 3. The van der Waals surface area contributed by atoms with Crippen molar-refractivity contribution in [2.24, 2.45) is 0 Å². The van der Waals surface area contributed by atoms with E-state index in [0.717, 1.165) is 5.69 Å². The molecule has 2 rings (SSSR count). The molecular weight excluding hydrogens is 233 g/mol. The molecular formula is C13H16FN3O. The molecule has 0 bridgehead atoms. The van der Waals surface area contributed by atoms with Crippen LogP contribution in [0.4, 0.5) is 4.39 Å². The first-order valence-electron chi connectivity index (χ1n) is 5.86. The summed E-state index contributed by atoms with van der Waals surface area (Å²) in [5, 5.41) is 7.35. The lowest BCUT2D eigenvalue weighted by Gasteiger charge is -2.06. The summed E-state index contributed by atoms with van der Waals surface area (Å²) in [5.74, 6) is -0.108. The highest BCUT2D eigenvalue weighted by atomic mass is 19.1. The number of hydrogen-bond donors (Lipinski definition) is 1. The van der Waals surface area contributed by atoms with Crippen LogP contribution < -0.4 is 10.1 Å². The number of benzene rings is 1. The minimum Gasteiger partial charge on any atom is -0.491 e. The van der Waals surface area contributed by atoms with E-state index in [9.17, 15) is 4.39 Å². The maximum atomic E-state index is 13.7. The molecule has 4 nitrogen and oxygen atoms in total. The number of nitrogens with one attached hydrogen (secondary N) is 1. The highest BCUT2D eigenvalue weighted by molar-refractivity contribution is 5.38. The van der Waals surface area contributed by atoms with E-state index in [4.69, 9.17) is 4.74 Å². The van der Waals surface area contributed by atoms with Crippen LogP contribution in [-0.4, -0.2) is 23.4 Å². The van der Waals surface area contributed by atoms with E-state index in [1.54, 1.807) is 16.8 Å². The SMILES string of the molecule is CCOc1ccc(-n2ccc(CNC)n2)cc1F. The standard InChI is InChI=1S/C13H16FN3O/c1-3-18-13-5-4-11(8-12(13)14)17-7-6-10(16-17)9-15-2/h4-8,15H,3,9H2,1-2H3. The molecule has 0 aliphatic rings. The summed E-state index contributed by atoms with van der Waals surface area (Å²) in [6.07, 6.45) is 1.81. The second-order valence-corrected chi connectivity index (χ2v) is 3.83. The van der Waals surface area contributed by atoms with E-state index in [-0.39, 0.29) is 11.6 Å². The summed E-state index contributed by atoms with van der Waals surface area (Å²) in [5.41, 5.74) is 1.59. The molecule has 0 fully saturated rings. The van der Waals surface area contributed by atoms with Crippen molar-refractivity contribution in [3.63, 3.8) is 0 Å². The second-order valence-electron chi connectivity index (χ2n) is 3.83. The molecule has 1 heterocycles. The third-order valence-electron chi connectivity index (χ3n) is 2.48. The number of halogens is 1. The van der Waals surface area contributed by atoms with Crippen molar-refractivity contribution in [2.75, 3.05) is 13.7 Å². The maximum Gasteiger partial charge on any atom is 0.167 e. The smallest absolute Gasteiger partial charge is 0.167 e. The van der Waals surface area contributed by atoms with Crippen molar-refractivity contribution in [3.05, 3.63) is 42.0 Å². The van der Waals surface area contributed by atoms with Crippen molar-refractivity contribution < 1.29 is 9.13 Å². The van der Waals surface area contributed by atoms with E-state index in [1.165, 1.54) is 6.07 Å². The zero-order valence-corrected chi connectivity index (χ0v) is 10.5. The van der Waals surface area contributed by atoms with Crippen LogP contribution in [0.2, 0.25) is 0 Å². The van der Waals surface area contributed by atoms with Gasteiger partial charge in [0.1, 0.15) is 0 Å². The molecule has 0 aliphatic carbocycles. The molecule has 0 saturated heterocycles. The van der Waals surface area contributed by atoms with Gasteiger partial charge < -0.3 is 10.1 Å². The summed E-state index contributed by atoms with van der Waals surface area (Å²) >= 11 is 0. The monoisotopic (exact) mass is 249 g/mol. The molecule has 0 atom stereocenters. The van der Waals surface area contributed by atoms with Crippen LogP contribution in [0.25, 0.3) is 5.69 Å². The fourth-order valence-corrected chi connectivity index (χ4v) is 1.69. The molecule has 1 aromatic carbocycles. The van der Waals surface area contributed by atoms with Gasteiger partial charge in [-0.1, -0.05) is 0 Å². The predicted molar refractivity (Wildman–Crippen MR) is 67.5 cm³/mol. The van der Waals surface area contributed by atoms with Gasteiger partial charge in [-0.25, -0.2) is 9.07 Å². The molecule has 0 radical (unpaired) electrons. The van der Waals surface area contributed by atoms with Gasteiger partial charge in [0, 0.05) is 18.8 Å². The Morgan fingerprint density at radius 1 is 1.39 bits per heavy atom. The summed E-state index contributed by atoms with van der Waals surface area (Å²) in [6.45, 7) is 2.96. The van der Waals surface area contributed by atoms with E-state index in [2.05, 4.69) is 10.4 Å². The quantitative estimate of drug-likeness (QED) is 0.882. The van der Waals surface area contributed by atoms with Gasteiger partial charge in [0.2, 0.25) is 0 Å². The van der Waals surface area contributed by atoms with E-state index in [0.29, 0.717) is 18.8 Å². The Labute approximate surface area is 105 Å². The molecule has 0 saturated carbocycles. The van der Waals surface area contributed by atoms with Crippen LogP contribution in [-0.2, 0) is 6.54 Å². The Kier molecular flexibility index (Phi) is 3.94. The minimum atomic E-state index is -0.375. The lowest BCUT2D eigenvalue weighted by atomic mass is 10.3. The van der Waals surface area contributed by atoms with Crippen LogP contribution in [0.1, 0.15) is 12.6 Å². The van der Waals surface area contributed by atoms with Gasteiger partial charge in [-0.3, -0.25) is 0 Å². The molecule has 0 aliphatic heterocycles. The first-order valence-corrected chi connectivity index (χ1v) is 5.86. The van der Waals surface area contributed by atoms with Gasteiger partial charge in [0.05, 0.1) is 18.0 Å².